The Labute approximate surface area is 131 Å². The number of hydrogen-bond donors (Lipinski definition) is 2. The average Bonchev–Trinajstić information content (AvgIpc) is 2.46. The van der Waals surface area contributed by atoms with Crippen LogP contribution in [0.4, 0.5) is 11.4 Å². The van der Waals surface area contributed by atoms with Crippen molar-refractivity contribution in [2.75, 3.05) is 10.6 Å². The average molecular weight is 311 g/mol. The van der Waals surface area contributed by atoms with Crippen molar-refractivity contribution in [3.8, 4) is 0 Å². The van der Waals surface area contributed by atoms with Gasteiger partial charge in [-0.1, -0.05) is 38.3 Å². The van der Waals surface area contributed by atoms with E-state index in [4.69, 9.17) is 11.6 Å². The van der Waals surface area contributed by atoms with E-state index in [1.807, 2.05) is 13.8 Å². The molecule has 1 aromatic carbocycles. The van der Waals surface area contributed by atoms with Crippen LogP contribution in [0.1, 0.15) is 52.4 Å². The van der Waals surface area contributed by atoms with Crippen LogP contribution in [-0.2, 0) is 9.59 Å². The molecule has 2 N–H and O–H groups in total. The zero-order valence-electron chi connectivity index (χ0n) is 12.7. The number of nitrogens with one attached hydrogen (secondary N) is 2. The van der Waals surface area contributed by atoms with Crippen molar-refractivity contribution in [1.82, 2.24) is 0 Å². The van der Waals surface area contributed by atoms with Crippen LogP contribution in [-0.4, -0.2) is 11.8 Å². The number of unbranched alkanes of at least 4 members (excludes halogenated alkanes) is 2. The molecule has 0 fully saturated rings. The number of hydrogen-bond acceptors (Lipinski definition) is 2. The highest BCUT2D eigenvalue weighted by Gasteiger charge is 2.08. The Morgan fingerprint density at radius 3 is 2.14 bits per heavy atom. The van der Waals surface area contributed by atoms with Crippen LogP contribution < -0.4 is 10.6 Å². The first kappa shape index (κ1) is 17.5. The largest absolute Gasteiger partial charge is 0.326 e. The second-order valence-corrected chi connectivity index (χ2v) is 5.41. The molecule has 5 heteroatoms. The zero-order chi connectivity index (χ0) is 15.7. The maximum Gasteiger partial charge on any atom is 0.224 e. The molecule has 1 rings (SSSR count). The first-order valence-electron chi connectivity index (χ1n) is 7.46. The summed E-state index contributed by atoms with van der Waals surface area (Å²) < 4.78 is 0. The Morgan fingerprint density at radius 2 is 1.57 bits per heavy atom. The topological polar surface area (TPSA) is 58.2 Å². The number of rotatable bonds is 8. The molecule has 0 saturated carbocycles. The molecule has 4 nitrogen and oxygen atoms in total. The van der Waals surface area contributed by atoms with Crippen LogP contribution in [0.2, 0.25) is 5.02 Å². The van der Waals surface area contributed by atoms with Gasteiger partial charge in [0.2, 0.25) is 11.8 Å². The lowest BCUT2D eigenvalue weighted by atomic mass is 10.2. The summed E-state index contributed by atoms with van der Waals surface area (Å²) in [6.45, 7) is 4.08. The van der Waals surface area contributed by atoms with Crippen LogP contribution in [0.3, 0.4) is 0 Å². The molecule has 0 unspecified atom stereocenters. The molecular formula is C16H23ClN2O2. The van der Waals surface area contributed by atoms with Crippen molar-refractivity contribution < 1.29 is 9.59 Å². The van der Waals surface area contributed by atoms with Crippen LogP contribution >= 0.6 is 11.6 Å². The summed E-state index contributed by atoms with van der Waals surface area (Å²) >= 11 is 6.07. The van der Waals surface area contributed by atoms with Crippen molar-refractivity contribution >= 4 is 34.8 Å². The Kier molecular flexibility index (Phi) is 7.83. The van der Waals surface area contributed by atoms with Gasteiger partial charge in [-0.25, -0.2) is 0 Å². The summed E-state index contributed by atoms with van der Waals surface area (Å²) in [6.07, 6.45) is 4.62. The minimum Gasteiger partial charge on any atom is -0.326 e. The van der Waals surface area contributed by atoms with Gasteiger partial charge in [0.15, 0.2) is 0 Å². The van der Waals surface area contributed by atoms with E-state index in [-0.39, 0.29) is 11.8 Å². The fourth-order valence-electron chi connectivity index (χ4n) is 1.81. The lowest BCUT2D eigenvalue weighted by Crippen LogP contribution is -2.13. The van der Waals surface area contributed by atoms with E-state index in [1.165, 1.54) is 0 Å². The number of carbonyl (C=O) groups is 2. The van der Waals surface area contributed by atoms with Crippen molar-refractivity contribution in [3.05, 3.63) is 23.2 Å². The Balaban J connectivity index is 2.66. The van der Waals surface area contributed by atoms with Gasteiger partial charge >= 0.3 is 0 Å². The minimum absolute atomic E-state index is 0.0255. The van der Waals surface area contributed by atoms with Crippen LogP contribution in [0.15, 0.2) is 18.2 Å². The quantitative estimate of drug-likeness (QED) is 0.737. The van der Waals surface area contributed by atoms with Crippen LogP contribution in [0.5, 0.6) is 0 Å². The normalized spacial score (nSPS) is 10.2. The molecule has 0 aliphatic carbocycles. The van der Waals surface area contributed by atoms with Crippen molar-refractivity contribution in [1.29, 1.82) is 0 Å². The van der Waals surface area contributed by atoms with E-state index in [0.29, 0.717) is 29.2 Å². The van der Waals surface area contributed by atoms with Gasteiger partial charge in [0, 0.05) is 18.5 Å². The maximum absolute atomic E-state index is 11.7. The van der Waals surface area contributed by atoms with E-state index in [9.17, 15) is 9.59 Å². The standard InChI is InChI=1S/C16H23ClN2O2/c1-3-5-7-15(20)18-12-9-10-13(17)14(11-12)19-16(21)8-6-4-2/h9-11H,3-8H2,1-2H3,(H,18,20)(H,19,21). The maximum atomic E-state index is 11.7. The molecule has 0 aromatic heterocycles. The van der Waals surface area contributed by atoms with Gasteiger partial charge in [-0.2, -0.15) is 0 Å². The summed E-state index contributed by atoms with van der Waals surface area (Å²) in [7, 11) is 0. The van der Waals surface area contributed by atoms with E-state index in [2.05, 4.69) is 10.6 Å². The van der Waals surface area contributed by atoms with Gasteiger partial charge in [-0.05, 0) is 31.0 Å². The van der Waals surface area contributed by atoms with Gasteiger partial charge in [-0.3, -0.25) is 9.59 Å². The van der Waals surface area contributed by atoms with E-state index in [0.717, 1.165) is 25.7 Å². The molecule has 0 spiro atoms. The second kappa shape index (κ2) is 9.40. The van der Waals surface area contributed by atoms with E-state index in [1.54, 1.807) is 18.2 Å². The molecule has 116 valence electrons. The number of halogens is 1. The molecule has 0 aliphatic rings. The fraction of sp³-hybridized carbons (Fsp3) is 0.500. The minimum atomic E-state index is -0.0618. The highest BCUT2D eigenvalue weighted by Crippen LogP contribution is 2.26. The lowest BCUT2D eigenvalue weighted by molar-refractivity contribution is -0.117. The van der Waals surface area contributed by atoms with Gasteiger partial charge in [-0.15, -0.1) is 0 Å². The van der Waals surface area contributed by atoms with Crippen molar-refractivity contribution in [2.45, 2.75) is 52.4 Å². The fourth-order valence-corrected chi connectivity index (χ4v) is 1.97. The molecule has 0 radical (unpaired) electrons. The van der Waals surface area contributed by atoms with Gasteiger partial charge in [0.1, 0.15) is 0 Å². The molecule has 0 aliphatic heterocycles. The molecule has 2 amide bonds. The predicted molar refractivity (Wildman–Crippen MR) is 87.8 cm³/mol. The second-order valence-electron chi connectivity index (χ2n) is 5.00. The lowest BCUT2D eigenvalue weighted by Gasteiger charge is -2.10. The molecule has 0 atom stereocenters. The Bertz CT molecular complexity index is 489. The SMILES string of the molecule is CCCCC(=O)Nc1ccc(Cl)c(NC(=O)CCCC)c1. The summed E-state index contributed by atoms with van der Waals surface area (Å²) in [5.74, 6) is -0.0874. The van der Waals surface area contributed by atoms with Crippen LogP contribution in [0, 0.1) is 0 Å². The highest BCUT2D eigenvalue weighted by atomic mass is 35.5. The van der Waals surface area contributed by atoms with Crippen LogP contribution in [0.25, 0.3) is 0 Å². The van der Waals surface area contributed by atoms with Crippen molar-refractivity contribution in [2.24, 2.45) is 0 Å². The molecule has 1 aromatic rings. The van der Waals surface area contributed by atoms with E-state index >= 15 is 0 Å². The molecular weight excluding hydrogens is 288 g/mol. The first-order chi connectivity index (χ1) is 10.1. The summed E-state index contributed by atoms with van der Waals surface area (Å²) in [6, 6.07) is 5.09. The number of anilines is 2. The third-order valence-electron chi connectivity index (χ3n) is 3.04. The summed E-state index contributed by atoms with van der Waals surface area (Å²) in [5.41, 5.74) is 1.18. The number of benzene rings is 1. The smallest absolute Gasteiger partial charge is 0.224 e. The monoisotopic (exact) mass is 310 g/mol. The molecule has 0 saturated heterocycles. The molecule has 0 bridgehead atoms. The third-order valence-corrected chi connectivity index (χ3v) is 3.37. The zero-order valence-corrected chi connectivity index (χ0v) is 13.4. The van der Waals surface area contributed by atoms with Gasteiger partial charge in [0.25, 0.3) is 0 Å². The summed E-state index contributed by atoms with van der Waals surface area (Å²) in [5, 5.41) is 6.06. The number of amides is 2. The Hall–Kier alpha value is -1.55. The van der Waals surface area contributed by atoms with Crippen molar-refractivity contribution in [3.63, 3.8) is 0 Å². The van der Waals surface area contributed by atoms with Gasteiger partial charge < -0.3 is 10.6 Å². The van der Waals surface area contributed by atoms with E-state index < -0.39 is 0 Å². The summed E-state index contributed by atoms with van der Waals surface area (Å²) in [4.78, 5) is 23.4. The molecule has 21 heavy (non-hydrogen) atoms. The predicted octanol–water partition coefficient (Wildman–Crippen LogP) is 4.60. The molecule has 0 heterocycles. The highest BCUT2D eigenvalue weighted by molar-refractivity contribution is 6.33. The first-order valence-corrected chi connectivity index (χ1v) is 7.83. The third kappa shape index (κ3) is 6.63. The Morgan fingerprint density at radius 1 is 1.00 bits per heavy atom. The number of carbonyl (C=O) groups excluding carboxylic acids is 2. The van der Waals surface area contributed by atoms with Gasteiger partial charge in [0.05, 0.1) is 10.7 Å².